The minimum atomic E-state index is -0.331. The Balaban J connectivity index is 1.89. The zero-order valence-corrected chi connectivity index (χ0v) is 9.69. The highest BCUT2D eigenvalue weighted by Gasteiger charge is 2.25. The van der Waals surface area contributed by atoms with Crippen LogP contribution in [-0.4, -0.2) is 35.1 Å². The number of pyridine rings is 1. The number of hydrogen-bond acceptors (Lipinski definition) is 3. The first-order valence-corrected chi connectivity index (χ1v) is 5.67. The molecule has 0 spiro atoms. The van der Waals surface area contributed by atoms with E-state index < -0.39 is 0 Å². The number of rotatable bonds is 3. The molecule has 4 heteroatoms. The molecule has 0 aromatic carbocycles. The van der Waals surface area contributed by atoms with E-state index in [4.69, 9.17) is 4.74 Å². The number of ether oxygens (including phenoxy) is 1. The first-order valence-electron chi connectivity index (χ1n) is 5.67. The third-order valence-electron chi connectivity index (χ3n) is 2.89. The van der Waals surface area contributed by atoms with Gasteiger partial charge in [-0.3, -0.25) is 4.90 Å². The van der Waals surface area contributed by atoms with E-state index in [-0.39, 0.29) is 11.9 Å². The second-order valence-electron chi connectivity index (χ2n) is 4.43. The highest BCUT2D eigenvalue weighted by Crippen LogP contribution is 2.18. The monoisotopic (exact) mass is 224 g/mol. The molecule has 1 unspecified atom stereocenters. The van der Waals surface area contributed by atoms with Gasteiger partial charge in [0.05, 0.1) is 6.20 Å². The van der Waals surface area contributed by atoms with Crippen LogP contribution in [0.5, 0.6) is 5.88 Å². The molecule has 1 saturated heterocycles. The lowest BCUT2D eigenvalue weighted by Gasteiger charge is -2.20. The molecular weight excluding hydrogens is 207 g/mol. The molecule has 0 N–H and O–H groups in total. The molecule has 88 valence electrons. The Morgan fingerprint density at radius 2 is 2.31 bits per heavy atom. The van der Waals surface area contributed by atoms with E-state index in [2.05, 4.69) is 23.7 Å². The molecule has 16 heavy (non-hydrogen) atoms. The molecule has 0 saturated carbocycles. The van der Waals surface area contributed by atoms with E-state index in [1.807, 2.05) is 0 Å². The minimum absolute atomic E-state index is 0.181. The summed E-state index contributed by atoms with van der Waals surface area (Å²) in [5.74, 6) is 0.180. The largest absolute Gasteiger partial charge is 0.473 e. The molecule has 1 aromatic rings. The van der Waals surface area contributed by atoms with Gasteiger partial charge in [-0.2, -0.15) is 0 Å². The predicted octanol–water partition coefficient (Wildman–Crippen LogP) is 2.08. The first-order chi connectivity index (χ1) is 7.65. The van der Waals surface area contributed by atoms with Crippen LogP contribution in [0.2, 0.25) is 0 Å². The molecule has 1 aliphatic heterocycles. The highest BCUT2D eigenvalue weighted by molar-refractivity contribution is 5.11. The van der Waals surface area contributed by atoms with Gasteiger partial charge in [-0.15, -0.1) is 0 Å². The first kappa shape index (κ1) is 11.3. The van der Waals surface area contributed by atoms with Gasteiger partial charge in [0.15, 0.2) is 0 Å². The van der Waals surface area contributed by atoms with Gasteiger partial charge in [0.2, 0.25) is 5.88 Å². The van der Waals surface area contributed by atoms with Gasteiger partial charge in [0, 0.05) is 25.2 Å². The summed E-state index contributed by atoms with van der Waals surface area (Å²) in [5.41, 5.74) is 0. The van der Waals surface area contributed by atoms with Crippen LogP contribution in [0.1, 0.15) is 20.3 Å². The van der Waals surface area contributed by atoms with Crippen LogP contribution in [0.4, 0.5) is 4.39 Å². The van der Waals surface area contributed by atoms with Crippen LogP contribution >= 0.6 is 0 Å². The lowest BCUT2D eigenvalue weighted by molar-refractivity contribution is 0.181. The zero-order chi connectivity index (χ0) is 11.5. The average Bonchev–Trinajstić information content (AvgIpc) is 2.70. The van der Waals surface area contributed by atoms with Crippen molar-refractivity contribution in [3.05, 3.63) is 24.1 Å². The quantitative estimate of drug-likeness (QED) is 0.786. The number of likely N-dealkylation sites (tertiary alicyclic amines) is 1. The fourth-order valence-electron chi connectivity index (χ4n) is 1.92. The Morgan fingerprint density at radius 3 is 2.88 bits per heavy atom. The van der Waals surface area contributed by atoms with Crippen LogP contribution in [0.15, 0.2) is 18.3 Å². The Bertz CT molecular complexity index is 339. The SMILES string of the molecule is CC(C)N1CCC(Oc2ccc(F)cn2)C1. The van der Waals surface area contributed by atoms with Crippen LogP contribution < -0.4 is 4.74 Å². The molecule has 0 aliphatic carbocycles. The summed E-state index contributed by atoms with van der Waals surface area (Å²) in [6.07, 6.45) is 2.38. The van der Waals surface area contributed by atoms with Crippen LogP contribution in [0.3, 0.4) is 0 Å². The summed E-state index contributed by atoms with van der Waals surface area (Å²) < 4.78 is 18.3. The van der Waals surface area contributed by atoms with Gasteiger partial charge in [-0.25, -0.2) is 9.37 Å². The minimum Gasteiger partial charge on any atom is -0.473 e. The lowest BCUT2D eigenvalue weighted by atomic mass is 10.3. The maximum Gasteiger partial charge on any atom is 0.213 e. The second-order valence-corrected chi connectivity index (χ2v) is 4.43. The Hall–Kier alpha value is -1.16. The van der Waals surface area contributed by atoms with Gasteiger partial charge in [0.1, 0.15) is 11.9 Å². The molecule has 3 nitrogen and oxygen atoms in total. The molecule has 0 amide bonds. The molecule has 1 aliphatic rings. The summed E-state index contributed by atoms with van der Waals surface area (Å²) >= 11 is 0. The van der Waals surface area contributed by atoms with Gasteiger partial charge in [-0.05, 0) is 26.3 Å². The van der Waals surface area contributed by atoms with Crippen molar-refractivity contribution < 1.29 is 9.13 Å². The number of aromatic nitrogens is 1. The van der Waals surface area contributed by atoms with Crippen LogP contribution in [0, 0.1) is 5.82 Å². The lowest BCUT2D eigenvalue weighted by Crippen LogP contribution is -2.30. The summed E-state index contributed by atoms with van der Waals surface area (Å²) in [5, 5.41) is 0. The Labute approximate surface area is 95.2 Å². The van der Waals surface area contributed by atoms with Crippen molar-refractivity contribution in [2.75, 3.05) is 13.1 Å². The Morgan fingerprint density at radius 1 is 1.50 bits per heavy atom. The van der Waals surface area contributed by atoms with Gasteiger partial charge >= 0.3 is 0 Å². The standard InChI is InChI=1S/C12H17FN2O/c1-9(2)15-6-5-11(8-15)16-12-4-3-10(13)7-14-12/h3-4,7,9,11H,5-6,8H2,1-2H3. The summed E-state index contributed by atoms with van der Waals surface area (Å²) in [6, 6.07) is 3.50. The second kappa shape index (κ2) is 4.78. The number of halogens is 1. The average molecular weight is 224 g/mol. The third-order valence-corrected chi connectivity index (χ3v) is 2.89. The number of hydrogen-bond donors (Lipinski definition) is 0. The molecule has 2 rings (SSSR count). The number of nitrogens with zero attached hydrogens (tertiary/aromatic N) is 2. The normalized spacial score (nSPS) is 21.6. The van der Waals surface area contributed by atoms with Gasteiger partial charge in [-0.1, -0.05) is 0 Å². The molecule has 1 fully saturated rings. The maximum atomic E-state index is 12.6. The van der Waals surface area contributed by atoms with Crippen molar-refractivity contribution in [3.63, 3.8) is 0 Å². The topological polar surface area (TPSA) is 25.4 Å². The summed E-state index contributed by atoms with van der Waals surface area (Å²) in [4.78, 5) is 6.27. The van der Waals surface area contributed by atoms with Crippen molar-refractivity contribution in [2.24, 2.45) is 0 Å². The molecule has 2 heterocycles. The van der Waals surface area contributed by atoms with Crippen molar-refractivity contribution in [3.8, 4) is 5.88 Å². The van der Waals surface area contributed by atoms with E-state index in [0.717, 1.165) is 19.5 Å². The van der Waals surface area contributed by atoms with Crippen molar-refractivity contribution in [1.82, 2.24) is 9.88 Å². The van der Waals surface area contributed by atoms with Gasteiger partial charge < -0.3 is 4.74 Å². The molecular formula is C12H17FN2O. The smallest absolute Gasteiger partial charge is 0.213 e. The summed E-state index contributed by atoms with van der Waals surface area (Å²) in [7, 11) is 0. The fraction of sp³-hybridized carbons (Fsp3) is 0.583. The van der Waals surface area contributed by atoms with E-state index in [0.29, 0.717) is 11.9 Å². The van der Waals surface area contributed by atoms with Crippen LogP contribution in [0.25, 0.3) is 0 Å². The van der Waals surface area contributed by atoms with Crippen molar-refractivity contribution in [1.29, 1.82) is 0 Å². The highest BCUT2D eigenvalue weighted by atomic mass is 19.1. The van der Waals surface area contributed by atoms with E-state index in [1.165, 1.54) is 12.3 Å². The van der Waals surface area contributed by atoms with E-state index in [1.54, 1.807) is 6.07 Å². The summed E-state index contributed by atoms with van der Waals surface area (Å²) in [6.45, 7) is 6.34. The Kier molecular flexibility index (Phi) is 3.39. The maximum absolute atomic E-state index is 12.6. The molecule has 1 aromatic heterocycles. The van der Waals surface area contributed by atoms with Crippen LogP contribution in [-0.2, 0) is 0 Å². The molecule has 1 atom stereocenters. The van der Waals surface area contributed by atoms with E-state index in [9.17, 15) is 4.39 Å². The van der Waals surface area contributed by atoms with Crippen molar-refractivity contribution in [2.45, 2.75) is 32.4 Å². The molecule has 0 radical (unpaired) electrons. The van der Waals surface area contributed by atoms with Crippen molar-refractivity contribution >= 4 is 0 Å². The van der Waals surface area contributed by atoms with E-state index >= 15 is 0 Å². The molecule has 0 bridgehead atoms. The fourth-order valence-corrected chi connectivity index (χ4v) is 1.92. The third kappa shape index (κ3) is 2.70. The predicted molar refractivity (Wildman–Crippen MR) is 59.9 cm³/mol. The van der Waals surface area contributed by atoms with Gasteiger partial charge in [0.25, 0.3) is 0 Å². The zero-order valence-electron chi connectivity index (χ0n) is 9.69.